The van der Waals surface area contributed by atoms with Crippen molar-refractivity contribution in [3.8, 4) is 0 Å². The molecule has 70 valence electrons. The summed E-state index contributed by atoms with van der Waals surface area (Å²) in [5.74, 6) is 1.28. The van der Waals surface area contributed by atoms with Crippen molar-refractivity contribution in [2.45, 2.75) is 15.5 Å². The molecular weight excluding hydrogens is 564 g/mol. The third-order valence-electron chi connectivity index (χ3n) is 1.33. The zero-order chi connectivity index (χ0) is 7.40. The fraction of sp³-hybridized carbons (Fsp3) is 0.667. The molecular formula is C6H10S3SiW2-2. The van der Waals surface area contributed by atoms with E-state index in [0.717, 1.165) is 19.0 Å². The molecule has 0 spiro atoms. The molecule has 0 aliphatic carbocycles. The molecule has 0 aromatic carbocycles. The van der Waals surface area contributed by atoms with Crippen LogP contribution in [0.4, 0.5) is 0 Å². The van der Waals surface area contributed by atoms with Crippen molar-refractivity contribution >= 4 is 44.8 Å². The molecule has 0 aromatic rings. The van der Waals surface area contributed by atoms with Crippen molar-refractivity contribution in [1.82, 2.24) is 0 Å². The fourth-order valence-electron chi connectivity index (χ4n) is 0.754. The predicted molar refractivity (Wildman–Crippen MR) is 56.5 cm³/mol. The van der Waals surface area contributed by atoms with Crippen LogP contribution in [-0.2, 0) is 42.1 Å². The predicted octanol–water partition coefficient (Wildman–Crippen LogP) is 2.55. The van der Waals surface area contributed by atoms with Crippen molar-refractivity contribution in [2.75, 3.05) is 5.75 Å². The normalized spacial score (nSPS) is 28.5. The molecule has 0 saturated carbocycles. The van der Waals surface area contributed by atoms with Gasteiger partial charge < -0.3 is 23.5 Å². The molecule has 0 aromatic heterocycles. The Bertz CT molecular complexity index is 86.8. The quantitative estimate of drug-likeness (QED) is 0.368. The van der Waals surface area contributed by atoms with Crippen LogP contribution in [0.25, 0.3) is 0 Å². The van der Waals surface area contributed by atoms with E-state index in [2.05, 4.69) is 12.5 Å². The Labute approximate surface area is 119 Å². The van der Waals surface area contributed by atoms with Gasteiger partial charge in [-0.25, -0.2) is 0 Å². The number of rotatable bonds is 2. The molecule has 1 fully saturated rings. The van der Waals surface area contributed by atoms with Crippen LogP contribution < -0.4 is 0 Å². The van der Waals surface area contributed by atoms with E-state index < -0.39 is 0 Å². The summed E-state index contributed by atoms with van der Waals surface area (Å²) in [6, 6.07) is 1.34. The third kappa shape index (κ3) is 6.19. The van der Waals surface area contributed by atoms with Gasteiger partial charge in [0, 0.05) is 52.5 Å². The second kappa shape index (κ2) is 10.2. The largest absolute Gasteiger partial charge is 0.354 e. The van der Waals surface area contributed by atoms with Gasteiger partial charge in [0.05, 0.1) is 9.52 Å². The first kappa shape index (κ1) is 17.1. The van der Waals surface area contributed by atoms with Gasteiger partial charge in [-0.3, -0.25) is 12.5 Å². The van der Waals surface area contributed by atoms with Crippen molar-refractivity contribution < 1.29 is 42.1 Å². The topological polar surface area (TPSA) is 0 Å². The van der Waals surface area contributed by atoms with Crippen molar-refractivity contribution in [3.05, 3.63) is 12.5 Å². The zero-order valence-electron chi connectivity index (χ0n) is 6.52. The van der Waals surface area contributed by atoms with E-state index in [1.54, 1.807) is 23.5 Å². The molecule has 2 radical (unpaired) electrons. The van der Waals surface area contributed by atoms with E-state index >= 15 is 0 Å². The SMILES string of the molecule is [CH2-]SC1CSC(S[CH2-])C[Si]1.[W].[W]. The third-order valence-corrected chi connectivity index (χ3v) is 7.72. The van der Waals surface area contributed by atoms with Crippen LogP contribution in [0.1, 0.15) is 0 Å². The number of hydrogen-bond donors (Lipinski definition) is 0. The van der Waals surface area contributed by atoms with E-state index in [-0.39, 0.29) is 42.1 Å². The average Bonchev–Trinajstić information content (AvgIpc) is 2.05. The Morgan fingerprint density at radius 1 is 1.25 bits per heavy atom. The maximum absolute atomic E-state index is 3.85. The average molecular weight is 574 g/mol. The van der Waals surface area contributed by atoms with Gasteiger partial charge in [-0.2, -0.15) is 0 Å². The van der Waals surface area contributed by atoms with E-state index in [0.29, 0.717) is 0 Å². The molecule has 0 amide bonds. The van der Waals surface area contributed by atoms with Crippen molar-refractivity contribution in [1.29, 1.82) is 0 Å². The minimum Gasteiger partial charge on any atom is -0.354 e. The van der Waals surface area contributed by atoms with E-state index in [1.165, 1.54) is 11.8 Å². The van der Waals surface area contributed by atoms with E-state index in [9.17, 15) is 0 Å². The van der Waals surface area contributed by atoms with Gasteiger partial charge in [0.1, 0.15) is 0 Å². The number of thioether (sulfide) groups is 3. The van der Waals surface area contributed by atoms with Crippen molar-refractivity contribution in [3.63, 3.8) is 0 Å². The molecule has 1 heterocycles. The summed E-state index contributed by atoms with van der Waals surface area (Å²) in [6.45, 7) is 0. The van der Waals surface area contributed by atoms with Crippen LogP contribution in [0, 0.1) is 12.5 Å². The van der Waals surface area contributed by atoms with Gasteiger partial charge in [0.15, 0.2) is 0 Å². The second-order valence-electron chi connectivity index (χ2n) is 1.99. The number of hydrogen-bond acceptors (Lipinski definition) is 3. The Morgan fingerprint density at radius 3 is 2.25 bits per heavy atom. The second-order valence-corrected chi connectivity index (χ2v) is 7.26. The van der Waals surface area contributed by atoms with E-state index in [1.807, 2.05) is 11.8 Å². The smallest absolute Gasteiger partial charge is 0.0546 e. The first-order valence-corrected chi connectivity index (χ1v) is 7.46. The van der Waals surface area contributed by atoms with E-state index in [4.69, 9.17) is 0 Å². The molecule has 2 atom stereocenters. The summed E-state index contributed by atoms with van der Waals surface area (Å²) < 4.78 is 0.765. The molecule has 2 unspecified atom stereocenters. The standard InChI is InChI=1S/C6H10S3Si.2W/c1-7-5-4-10-6(8-2)3-9-5;;/h5-6H,1-4H2;;/q-2;;. The molecule has 0 bridgehead atoms. The minimum absolute atomic E-state index is 0. The molecule has 12 heavy (non-hydrogen) atoms. The first-order valence-electron chi connectivity index (χ1n) is 3.03. The molecule has 1 aliphatic heterocycles. The zero-order valence-corrected chi connectivity index (χ0v) is 15.8. The summed E-state index contributed by atoms with van der Waals surface area (Å²) in [7, 11) is 1.10. The molecule has 0 nitrogen and oxygen atoms in total. The molecule has 6 heteroatoms. The van der Waals surface area contributed by atoms with Gasteiger partial charge in [-0.1, -0.05) is 0 Å². The van der Waals surface area contributed by atoms with Crippen LogP contribution in [0.15, 0.2) is 0 Å². The first-order chi connectivity index (χ1) is 4.86. The monoisotopic (exact) mass is 574 g/mol. The molecule has 1 aliphatic rings. The van der Waals surface area contributed by atoms with Crippen LogP contribution in [0.5, 0.6) is 0 Å². The van der Waals surface area contributed by atoms with Crippen molar-refractivity contribution in [2.24, 2.45) is 0 Å². The summed E-state index contributed by atoms with van der Waals surface area (Å²) in [5.41, 5.74) is 0. The summed E-state index contributed by atoms with van der Waals surface area (Å²) in [5, 5.41) is 0. The van der Waals surface area contributed by atoms with Crippen LogP contribution >= 0.6 is 35.3 Å². The maximum atomic E-state index is 3.85. The minimum atomic E-state index is 0. The van der Waals surface area contributed by atoms with Gasteiger partial charge in [-0.05, 0) is 10.9 Å². The van der Waals surface area contributed by atoms with Gasteiger partial charge in [0.25, 0.3) is 0 Å². The van der Waals surface area contributed by atoms with Crippen LogP contribution in [0.2, 0.25) is 6.04 Å². The van der Waals surface area contributed by atoms with Gasteiger partial charge in [0.2, 0.25) is 0 Å². The summed E-state index contributed by atoms with van der Waals surface area (Å²) in [4.78, 5) is 0.827. The van der Waals surface area contributed by atoms with Gasteiger partial charge >= 0.3 is 0 Å². The fourth-order valence-corrected chi connectivity index (χ4v) is 5.88. The summed E-state index contributed by atoms with van der Waals surface area (Å²) >= 11 is 5.56. The Balaban J connectivity index is 0. The maximum Gasteiger partial charge on any atom is 0.0546 e. The molecule has 1 saturated heterocycles. The van der Waals surface area contributed by atoms with Gasteiger partial charge in [-0.15, -0.1) is 11.8 Å². The Hall–Kier alpha value is 2.64. The molecule has 0 N–H and O–H groups in total. The molecule has 1 rings (SSSR count). The Morgan fingerprint density at radius 2 is 1.92 bits per heavy atom. The summed E-state index contributed by atoms with van der Waals surface area (Å²) in [6.07, 6.45) is 7.69. The Kier molecular flexibility index (Phi) is 14.5. The van der Waals surface area contributed by atoms with Crippen LogP contribution in [-0.4, -0.2) is 24.7 Å². The van der Waals surface area contributed by atoms with Crippen LogP contribution in [0.3, 0.4) is 0 Å².